The number of benzene rings is 1. The molecule has 1 heterocycles. The van der Waals surface area contributed by atoms with Crippen molar-refractivity contribution in [2.45, 2.75) is 52.1 Å². The van der Waals surface area contributed by atoms with Gasteiger partial charge >= 0.3 is 0 Å². The summed E-state index contributed by atoms with van der Waals surface area (Å²) >= 11 is 1.56. The van der Waals surface area contributed by atoms with Crippen molar-refractivity contribution in [1.29, 1.82) is 0 Å². The maximum absolute atomic E-state index is 12.3. The highest BCUT2D eigenvalue weighted by Gasteiger charge is 2.18. The zero-order valence-corrected chi connectivity index (χ0v) is 16.3. The fraction of sp³-hybridized carbons (Fsp3) is 0.409. The lowest BCUT2D eigenvalue weighted by atomic mass is 10.1. The van der Waals surface area contributed by atoms with E-state index in [1.54, 1.807) is 17.4 Å². The Kier molecular flexibility index (Phi) is 6.51. The number of ether oxygens (including phenoxy) is 2. The first-order chi connectivity index (χ1) is 12.7. The molecule has 138 valence electrons. The molecular weight excluding hydrogens is 344 g/mol. The summed E-state index contributed by atoms with van der Waals surface area (Å²) in [4.78, 5) is 14.3. The van der Waals surface area contributed by atoms with Gasteiger partial charge in [0.15, 0.2) is 17.3 Å². The molecule has 1 aromatic heterocycles. The van der Waals surface area contributed by atoms with Gasteiger partial charge in [0.05, 0.1) is 17.6 Å². The summed E-state index contributed by atoms with van der Waals surface area (Å²) in [6.45, 7) is 4.65. The zero-order chi connectivity index (χ0) is 18.4. The van der Waals surface area contributed by atoms with Crippen molar-refractivity contribution in [3.05, 3.63) is 51.7 Å². The predicted molar refractivity (Wildman–Crippen MR) is 108 cm³/mol. The molecule has 3 rings (SSSR count). The molecule has 1 saturated carbocycles. The van der Waals surface area contributed by atoms with Gasteiger partial charge < -0.3 is 9.47 Å². The zero-order valence-electron chi connectivity index (χ0n) is 15.5. The van der Waals surface area contributed by atoms with Gasteiger partial charge in [-0.2, -0.15) is 0 Å². The van der Waals surface area contributed by atoms with E-state index in [0.29, 0.717) is 12.7 Å². The molecule has 0 amide bonds. The number of carbonyl (C=O) groups excluding carboxylic acids is 1. The molecule has 0 N–H and O–H groups in total. The average molecular weight is 371 g/mol. The van der Waals surface area contributed by atoms with E-state index >= 15 is 0 Å². The Balaban J connectivity index is 1.72. The fourth-order valence-electron chi connectivity index (χ4n) is 3.13. The maximum Gasteiger partial charge on any atom is 0.195 e. The highest BCUT2D eigenvalue weighted by molar-refractivity contribution is 7.14. The summed E-state index contributed by atoms with van der Waals surface area (Å²) in [5.74, 6) is 1.59. The van der Waals surface area contributed by atoms with Crippen LogP contribution in [0.15, 0.2) is 36.4 Å². The lowest BCUT2D eigenvalue weighted by Crippen LogP contribution is -2.11. The molecule has 0 unspecified atom stereocenters. The number of aryl methyl sites for hydroxylation is 1. The van der Waals surface area contributed by atoms with E-state index in [-0.39, 0.29) is 5.78 Å². The molecule has 0 aliphatic heterocycles. The van der Waals surface area contributed by atoms with E-state index in [1.807, 2.05) is 43.3 Å². The summed E-state index contributed by atoms with van der Waals surface area (Å²) in [5, 5.41) is 0. The van der Waals surface area contributed by atoms with Crippen LogP contribution in [0.3, 0.4) is 0 Å². The molecule has 1 aliphatic rings. The number of rotatable bonds is 8. The van der Waals surface area contributed by atoms with Crippen LogP contribution in [0.25, 0.3) is 6.08 Å². The number of ketones is 1. The third kappa shape index (κ3) is 4.76. The van der Waals surface area contributed by atoms with Crippen LogP contribution < -0.4 is 9.47 Å². The van der Waals surface area contributed by atoms with Crippen LogP contribution in [0.5, 0.6) is 11.5 Å². The number of carbonyl (C=O) groups is 1. The Morgan fingerprint density at radius 2 is 1.96 bits per heavy atom. The Bertz CT molecular complexity index is 769. The molecule has 0 radical (unpaired) electrons. The molecule has 3 nitrogen and oxygen atoms in total. The molecule has 2 aromatic rings. The van der Waals surface area contributed by atoms with E-state index in [1.165, 1.54) is 17.7 Å². The van der Waals surface area contributed by atoms with Crippen LogP contribution in [0.1, 0.15) is 59.6 Å². The summed E-state index contributed by atoms with van der Waals surface area (Å²) in [6.07, 6.45) is 9.43. The summed E-state index contributed by atoms with van der Waals surface area (Å²) < 4.78 is 11.9. The minimum Gasteiger partial charge on any atom is -0.490 e. The van der Waals surface area contributed by atoms with Gasteiger partial charge in [-0.3, -0.25) is 4.79 Å². The van der Waals surface area contributed by atoms with Gasteiger partial charge in [-0.05, 0) is 74.9 Å². The lowest BCUT2D eigenvalue weighted by molar-refractivity contribution is 0.105. The highest BCUT2D eigenvalue weighted by atomic mass is 32.1. The summed E-state index contributed by atoms with van der Waals surface area (Å²) in [6, 6.07) is 9.80. The number of hydrogen-bond acceptors (Lipinski definition) is 4. The minimum atomic E-state index is 0.0407. The van der Waals surface area contributed by atoms with Crippen LogP contribution in [0.4, 0.5) is 0 Å². The van der Waals surface area contributed by atoms with Gasteiger partial charge in [0.1, 0.15) is 0 Å². The molecule has 26 heavy (non-hydrogen) atoms. The summed E-state index contributed by atoms with van der Waals surface area (Å²) in [5.41, 5.74) is 0.938. The first-order valence-corrected chi connectivity index (χ1v) is 10.3. The molecule has 0 saturated heterocycles. The van der Waals surface area contributed by atoms with Gasteiger partial charge in [0.25, 0.3) is 0 Å². The Morgan fingerprint density at radius 1 is 1.15 bits per heavy atom. The molecule has 1 aliphatic carbocycles. The van der Waals surface area contributed by atoms with E-state index in [9.17, 15) is 4.79 Å². The van der Waals surface area contributed by atoms with Crippen molar-refractivity contribution in [3.63, 3.8) is 0 Å². The molecule has 1 fully saturated rings. The smallest absolute Gasteiger partial charge is 0.195 e. The van der Waals surface area contributed by atoms with E-state index < -0.39 is 0 Å². The number of allylic oxidation sites excluding steroid dienone is 1. The van der Waals surface area contributed by atoms with Gasteiger partial charge in [-0.25, -0.2) is 0 Å². The van der Waals surface area contributed by atoms with Crippen LogP contribution in [0, 0.1) is 0 Å². The number of thiophene rings is 1. The monoisotopic (exact) mass is 370 g/mol. The second-order valence-electron chi connectivity index (χ2n) is 6.48. The molecular formula is C22H26O3S. The molecule has 0 bridgehead atoms. The van der Waals surface area contributed by atoms with Gasteiger partial charge in [0.2, 0.25) is 0 Å². The standard InChI is InChI=1S/C22H26O3S/c1-3-18-11-14-22(26-18)19(23)12-9-16-10-13-20(21(15-16)24-4-2)25-17-7-5-6-8-17/h9-15,17H,3-8H2,1-2H3/b12-9+. The van der Waals surface area contributed by atoms with E-state index in [2.05, 4.69) is 6.92 Å². The van der Waals surface area contributed by atoms with Gasteiger partial charge in [-0.1, -0.05) is 19.1 Å². The minimum absolute atomic E-state index is 0.0407. The van der Waals surface area contributed by atoms with Gasteiger partial charge in [-0.15, -0.1) is 11.3 Å². The largest absolute Gasteiger partial charge is 0.490 e. The van der Waals surface area contributed by atoms with Crippen LogP contribution in [0.2, 0.25) is 0 Å². The van der Waals surface area contributed by atoms with Crippen molar-refractivity contribution in [2.24, 2.45) is 0 Å². The lowest BCUT2D eigenvalue weighted by Gasteiger charge is -2.17. The predicted octanol–water partition coefficient (Wildman–Crippen LogP) is 5.93. The molecule has 4 heteroatoms. The number of hydrogen-bond donors (Lipinski definition) is 0. The SMILES string of the molecule is CCOc1cc(/C=C/C(=O)c2ccc(CC)s2)ccc1OC1CCCC1. The molecule has 0 spiro atoms. The average Bonchev–Trinajstić information content (AvgIpc) is 3.33. The first kappa shape index (κ1) is 18.7. The maximum atomic E-state index is 12.3. The summed E-state index contributed by atoms with van der Waals surface area (Å²) in [7, 11) is 0. The topological polar surface area (TPSA) is 35.5 Å². The van der Waals surface area contributed by atoms with E-state index in [0.717, 1.165) is 41.2 Å². The Morgan fingerprint density at radius 3 is 2.65 bits per heavy atom. The van der Waals surface area contributed by atoms with Crippen LogP contribution in [-0.4, -0.2) is 18.5 Å². The Labute approximate surface area is 159 Å². The third-order valence-electron chi connectivity index (χ3n) is 4.54. The Hall–Kier alpha value is -2.07. The van der Waals surface area contributed by atoms with Crippen LogP contribution in [-0.2, 0) is 6.42 Å². The fourth-order valence-corrected chi connectivity index (χ4v) is 4.00. The van der Waals surface area contributed by atoms with Crippen LogP contribution >= 0.6 is 11.3 Å². The second-order valence-corrected chi connectivity index (χ2v) is 7.65. The van der Waals surface area contributed by atoms with Crippen molar-refractivity contribution in [1.82, 2.24) is 0 Å². The van der Waals surface area contributed by atoms with Crippen molar-refractivity contribution in [3.8, 4) is 11.5 Å². The highest BCUT2D eigenvalue weighted by Crippen LogP contribution is 2.33. The second kappa shape index (κ2) is 9.04. The normalized spacial score (nSPS) is 14.8. The van der Waals surface area contributed by atoms with Crippen molar-refractivity contribution < 1.29 is 14.3 Å². The van der Waals surface area contributed by atoms with Crippen molar-refractivity contribution >= 4 is 23.2 Å². The molecule has 1 aromatic carbocycles. The van der Waals surface area contributed by atoms with Gasteiger partial charge in [0, 0.05) is 4.88 Å². The first-order valence-electron chi connectivity index (χ1n) is 9.44. The van der Waals surface area contributed by atoms with Crippen molar-refractivity contribution in [2.75, 3.05) is 6.61 Å². The van der Waals surface area contributed by atoms with E-state index in [4.69, 9.17) is 9.47 Å². The molecule has 0 atom stereocenters. The third-order valence-corrected chi connectivity index (χ3v) is 5.79. The quantitative estimate of drug-likeness (QED) is 0.427.